The van der Waals surface area contributed by atoms with Crippen molar-refractivity contribution < 1.29 is 4.79 Å². The smallest absolute Gasteiger partial charge is 0.328 e. The summed E-state index contributed by atoms with van der Waals surface area (Å²) in [5.41, 5.74) is -0.426. The zero-order chi connectivity index (χ0) is 24.0. The van der Waals surface area contributed by atoms with Gasteiger partial charge in [0.05, 0.1) is 0 Å². The Hall–Kier alpha value is -4.21. The summed E-state index contributed by atoms with van der Waals surface area (Å²) < 4.78 is 2.66. The summed E-state index contributed by atoms with van der Waals surface area (Å²) in [6.07, 6.45) is 6.00. The number of rotatable bonds is 8. The molecule has 0 aliphatic carbocycles. The fourth-order valence-corrected chi connectivity index (χ4v) is 3.20. The molecule has 0 bridgehead atoms. The maximum absolute atomic E-state index is 12.9. The standard InChI is InChI=1S/C23H25N5O5/c1-16-14-27(22(32)24-20(16)30)12-10-26(19(29)9-8-18-6-4-3-5-7-18)11-13-28-15-17(2)21(31)25-23(28)33/h3-9,14-15H,10-13H2,1-2H3,(H,24,30,32)(H,25,31,33). The van der Waals surface area contributed by atoms with Gasteiger partial charge in [-0.1, -0.05) is 30.3 Å². The van der Waals surface area contributed by atoms with E-state index in [1.165, 1.54) is 32.5 Å². The summed E-state index contributed by atoms with van der Waals surface area (Å²) in [4.78, 5) is 66.3. The zero-order valence-corrected chi connectivity index (χ0v) is 18.4. The van der Waals surface area contributed by atoms with E-state index in [0.717, 1.165) is 5.56 Å². The molecule has 33 heavy (non-hydrogen) atoms. The van der Waals surface area contributed by atoms with Crippen LogP contribution < -0.4 is 22.5 Å². The first-order valence-corrected chi connectivity index (χ1v) is 10.4. The Morgan fingerprint density at radius 1 is 0.848 bits per heavy atom. The van der Waals surface area contributed by atoms with Gasteiger partial charge in [-0.05, 0) is 25.5 Å². The number of nitrogens with zero attached hydrogens (tertiary/aromatic N) is 3. The largest absolute Gasteiger partial charge is 0.336 e. The van der Waals surface area contributed by atoms with E-state index in [4.69, 9.17) is 0 Å². The first-order valence-electron chi connectivity index (χ1n) is 10.4. The van der Waals surface area contributed by atoms with Gasteiger partial charge in [-0.3, -0.25) is 33.5 Å². The summed E-state index contributed by atoms with van der Waals surface area (Å²) in [5.74, 6) is -0.303. The number of aromatic amines is 2. The summed E-state index contributed by atoms with van der Waals surface area (Å²) >= 11 is 0. The second-order valence-corrected chi connectivity index (χ2v) is 7.60. The third-order valence-electron chi connectivity index (χ3n) is 5.13. The van der Waals surface area contributed by atoms with Crippen LogP contribution in [0, 0.1) is 13.8 Å². The minimum atomic E-state index is -0.565. The third-order valence-corrected chi connectivity index (χ3v) is 5.13. The molecule has 0 radical (unpaired) electrons. The molecule has 0 spiro atoms. The van der Waals surface area contributed by atoms with E-state index >= 15 is 0 Å². The Kier molecular flexibility index (Phi) is 7.39. The summed E-state index contributed by atoms with van der Waals surface area (Å²) in [6.45, 7) is 3.82. The van der Waals surface area contributed by atoms with E-state index in [0.29, 0.717) is 11.1 Å². The monoisotopic (exact) mass is 451 g/mol. The molecule has 0 fully saturated rings. The molecule has 172 valence electrons. The summed E-state index contributed by atoms with van der Waals surface area (Å²) in [7, 11) is 0. The van der Waals surface area contributed by atoms with E-state index < -0.39 is 22.5 Å². The lowest BCUT2D eigenvalue weighted by molar-refractivity contribution is -0.126. The van der Waals surface area contributed by atoms with E-state index in [-0.39, 0.29) is 32.1 Å². The maximum Gasteiger partial charge on any atom is 0.328 e. The molecule has 2 N–H and O–H groups in total. The van der Waals surface area contributed by atoms with Crippen molar-refractivity contribution in [2.24, 2.45) is 0 Å². The van der Waals surface area contributed by atoms with Crippen molar-refractivity contribution in [1.82, 2.24) is 24.0 Å². The first kappa shape index (κ1) is 23.5. The van der Waals surface area contributed by atoms with Crippen LogP contribution in [-0.2, 0) is 17.9 Å². The molecule has 3 rings (SSSR count). The maximum atomic E-state index is 12.9. The van der Waals surface area contributed by atoms with Crippen molar-refractivity contribution in [1.29, 1.82) is 0 Å². The average Bonchev–Trinajstić information content (AvgIpc) is 2.79. The molecule has 0 unspecified atom stereocenters. The number of hydrogen-bond donors (Lipinski definition) is 2. The Morgan fingerprint density at radius 3 is 1.82 bits per heavy atom. The number of aryl methyl sites for hydroxylation is 2. The molecule has 1 aromatic carbocycles. The van der Waals surface area contributed by atoms with Crippen LogP contribution in [0.1, 0.15) is 16.7 Å². The van der Waals surface area contributed by atoms with Crippen LogP contribution in [0.3, 0.4) is 0 Å². The minimum Gasteiger partial charge on any atom is -0.336 e. The molecule has 0 atom stereocenters. The van der Waals surface area contributed by atoms with Gasteiger partial charge in [0.2, 0.25) is 5.91 Å². The predicted octanol–water partition coefficient (Wildman–Crippen LogP) is 0.246. The van der Waals surface area contributed by atoms with Crippen molar-refractivity contribution in [3.63, 3.8) is 0 Å². The first-order chi connectivity index (χ1) is 15.7. The molecule has 10 nitrogen and oxygen atoms in total. The summed E-state index contributed by atoms with van der Waals surface area (Å²) in [6, 6.07) is 9.31. The number of hydrogen-bond acceptors (Lipinski definition) is 5. The van der Waals surface area contributed by atoms with Gasteiger partial charge < -0.3 is 4.90 Å². The van der Waals surface area contributed by atoms with Gasteiger partial charge in [-0.25, -0.2) is 9.59 Å². The van der Waals surface area contributed by atoms with Crippen LogP contribution in [0.2, 0.25) is 0 Å². The Labute approximate surface area is 188 Å². The zero-order valence-electron chi connectivity index (χ0n) is 18.4. The number of benzene rings is 1. The fraction of sp³-hybridized carbons (Fsp3) is 0.261. The molecule has 2 aromatic heterocycles. The lowest BCUT2D eigenvalue weighted by Crippen LogP contribution is -2.40. The SMILES string of the molecule is Cc1cn(CCN(CCn2cc(C)c(=O)[nH]c2=O)C(=O)C=Cc2ccccc2)c(=O)[nH]c1=O. The number of H-pyrrole nitrogens is 2. The van der Waals surface area contributed by atoms with Crippen LogP contribution in [-0.4, -0.2) is 43.0 Å². The highest BCUT2D eigenvalue weighted by atomic mass is 16.2. The number of carbonyl (C=O) groups excluding carboxylic acids is 1. The average molecular weight is 451 g/mol. The quantitative estimate of drug-likeness (QED) is 0.474. The normalized spacial score (nSPS) is 11.1. The Balaban J connectivity index is 1.80. The van der Waals surface area contributed by atoms with Crippen molar-refractivity contribution in [3.8, 4) is 0 Å². The molecular weight excluding hydrogens is 426 g/mol. The van der Waals surface area contributed by atoms with Crippen LogP contribution in [0.15, 0.2) is 68.0 Å². The fourth-order valence-electron chi connectivity index (χ4n) is 3.20. The Bertz CT molecular complexity index is 1320. The molecule has 1 amide bonds. The second-order valence-electron chi connectivity index (χ2n) is 7.60. The van der Waals surface area contributed by atoms with E-state index in [1.54, 1.807) is 19.9 Å². The van der Waals surface area contributed by atoms with Crippen molar-refractivity contribution in [3.05, 3.63) is 107 Å². The number of nitrogens with one attached hydrogen (secondary N) is 2. The summed E-state index contributed by atoms with van der Waals surface area (Å²) in [5, 5.41) is 0. The second kappa shape index (κ2) is 10.4. The van der Waals surface area contributed by atoms with Gasteiger partial charge in [-0.2, -0.15) is 0 Å². The van der Waals surface area contributed by atoms with Gasteiger partial charge in [0, 0.05) is 55.8 Å². The van der Waals surface area contributed by atoms with E-state index in [2.05, 4.69) is 9.97 Å². The number of aromatic nitrogens is 4. The Morgan fingerprint density at radius 2 is 1.33 bits per heavy atom. The van der Waals surface area contributed by atoms with Gasteiger partial charge in [0.1, 0.15) is 0 Å². The van der Waals surface area contributed by atoms with Gasteiger partial charge in [-0.15, -0.1) is 0 Å². The van der Waals surface area contributed by atoms with E-state index in [9.17, 15) is 24.0 Å². The lowest BCUT2D eigenvalue weighted by atomic mass is 10.2. The molecule has 10 heteroatoms. The molecule has 0 saturated carbocycles. The topological polar surface area (TPSA) is 130 Å². The van der Waals surface area contributed by atoms with Crippen molar-refractivity contribution >= 4 is 12.0 Å². The molecular formula is C23H25N5O5. The lowest BCUT2D eigenvalue weighted by Gasteiger charge is -2.22. The van der Waals surface area contributed by atoms with Crippen molar-refractivity contribution in [2.75, 3.05) is 13.1 Å². The highest BCUT2D eigenvalue weighted by molar-refractivity contribution is 5.91. The predicted molar refractivity (Wildman–Crippen MR) is 124 cm³/mol. The van der Waals surface area contributed by atoms with Crippen LogP contribution in [0.25, 0.3) is 6.08 Å². The molecule has 0 aliphatic rings. The van der Waals surface area contributed by atoms with Gasteiger partial charge in [0.25, 0.3) is 11.1 Å². The highest BCUT2D eigenvalue weighted by Crippen LogP contribution is 2.03. The van der Waals surface area contributed by atoms with Gasteiger partial charge >= 0.3 is 11.4 Å². The van der Waals surface area contributed by atoms with Crippen LogP contribution in [0.5, 0.6) is 0 Å². The molecule has 0 aliphatic heterocycles. The van der Waals surface area contributed by atoms with Gasteiger partial charge in [0.15, 0.2) is 0 Å². The molecule has 0 saturated heterocycles. The molecule has 2 heterocycles. The minimum absolute atomic E-state index is 0.154. The van der Waals surface area contributed by atoms with E-state index in [1.807, 2.05) is 30.3 Å². The number of amides is 1. The van der Waals surface area contributed by atoms with Crippen LogP contribution >= 0.6 is 0 Å². The number of carbonyl (C=O) groups is 1. The highest BCUT2D eigenvalue weighted by Gasteiger charge is 2.13. The van der Waals surface area contributed by atoms with Crippen molar-refractivity contribution in [2.45, 2.75) is 26.9 Å². The molecule has 3 aromatic rings. The van der Waals surface area contributed by atoms with Crippen LogP contribution in [0.4, 0.5) is 0 Å². The third kappa shape index (κ3) is 6.16.